The van der Waals surface area contributed by atoms with Crippen LogP contribution in [0.1, 0.15) is 6.92 Å². The van der Waals surface area contributed by atoms with Crippen LogP contribution in [0.5, 0.6) is 5.75 Å². The van der Waals surface area contributed by atoms with Crippen molar-refractivity contribution in [1.82, 2.24) is 0 Å². The summed E-state index contributed by atoms with van der Waals surface area (Å²) in [4.78, 5) is 11.9. The Morgan fingerprint density at radius 3 is 2.15 bits per heavy atom. The molecule has 5 nitrogen and oxygen atoms in total. The van der Waals surface area contributed by atoms with Gasteiger partial charge < -0.3 is 10.5 Å². The molecule has 1 atom stereocenters. The topological polar surface area (TPSA) is 77.0 Å². The van der Waals surface area contributed by atoms with Gasteiger partial charge in [0.1, 0.15) is 5.75 Å². The highest BCUT2D eigenvalue weighted by atomic mass is 16.5. The van der Waals surface area contributed by atoms with Crippen molar-refractivity contribution in [2.24, 2.45) is 16.0 Å². The number of azo groups is 1. The summed E-state index contributed by atoms with van der Waals surface area (Å²) in [6, 6.07) is 26.4. The number of carbonyl (C=O) groups is 1. The fourth-order valence-corrected chi connectivity index (χ4v) is 2.37. The summed E-state index contributed by atoms with van der Waals surface area (Å²) in [5.74, 6) is -0.234. The lowest BCUT2D eigenvalue weighted by atomic mass is 10.1. The highest BCUT2D eigenvalue weighted by Gasteiger charge is 2.34. The van der Waals surface area contributed by atoms with Crippen LogP contribution in [0.25, 0.3) is 11.1 Å². The van der Waals surface area contributed by atoms with E-state index in [0.717, 1.165) is 11.1 Å². The third kappa shape index (κ3) is 4.13. The predicted molar refractivity (Wildman–Crippen MR) is 101 cm³/mol. The molecule has 1 amide bonds. The Labute approximate surface area is 152 Å². The standard InChI is InChI=1S/C21H19N3O2/c1-21(20(22)25,24-23-18-12-6-3-7-13-18)26-19-14-8-11-17(15-19)16-9-4-2-5-10-16/h2-15H,1H3,(H2,22,25). The lowest BCUT2D eigenvalue weighted by Gasteiger charge is -2.22. The summed E-state index contributed by atoms with van der Waals surface area (Å²) in [7, 11) is 0. The van der Waals surface area contributed by atoms with E-state index in [1.165, 1.54) is 6.92 Å². The second-order valence-corrected chi connectivity index (χ2v) is 5.88. The molecule has 0 heterocycles. The molecule has 3 rings (SSSR count). The van der Waals surface area contributed by atoms with Crippen molar-refractivity contribution in [3.63, 3.8) is 0 Å². The van der Waals surface area contributed by atoms with Gasteiger partial charge in [0.25, 0.3) is 11.6 Å². The number of carbonyl (C=O) groups excluding carboxylic acids is 1. The van der Waals surface area contributed by atoms with Crippen LogP contribution >= 0.6 is 0 Å². The van der Waals surface area contributed by atoms with Crippen LogP contribution in [0.4, 0.5) is 5.69 Å². The second kappa shape index (κ2) is 7.61. The molecule has 0 saturated carbocycles. The van der Waals surface area contributed by atoms with Crippen LogP contribution in [0.2, 0.25) is 0 Å². The first kappa shape index (κ1) is 17.4. The zero-order valence-corrected chi connectivity index (χ0v) is 14.4. The van der Waals surface area contributed by atoms with Crippen molar-refractivity contribution in [2.75, 3.05) is 0 Å². The maximum atomic E-state index is 11.9. The molecule has 130 valence electrons. The SMILES string of the molecule is CC(N=Nc1ccccc1)(Oc1cccc(-c2ccccc2)c1)C(N)=O. The smallest absolute Gasteiger partial charge is 0.293 e. The van der Waals surface area contributed by atoms with Gasteiger partial charge in [0.2, 0.25) is 0 Å². The van der Waals surface area contributed by atoms with E-state index in [2.05, 4.69) is 10.2 Å². The average Bonchev–Trinajstić information content (AvgIpc) is 2.68. The van der Waals surface area contributed by atoms with Crippen LogP contribution in [0.15, 0.2) is 95.2 Å². The molecule has 0 aliphatic carbocycles. The van der Waals surface area contributed by atoms with Gasteiger partial charge in [-0.3, -0.25) is 4.79 Å². The van der Waals surface area contributed by atoms with Gasteiger partial charge in [-0.1, -0.05) is 60.7 Å². The molecule has 3 aromatic carbocycles. The van der Waals surface area contributed by atoms with Gasteiger partial charge in [-0.25, -0.2) is 0 Å². The third-order valence-corrected chi connectivity index (χ3v) is 3.83. The number of primary amides is 1. The monoisotopic (exact) mass is 345 g/mol. The highest BCUT2D eigenvalue weighted by molar-refractivity contribution is 5.83. The Balaban J connectivity index is 1.86. The van der Waals surface area contributed by atoms with E-state index >= 15 is 0 Å². The zero-order valence-electron chi connectivity index (χ0n) is 14.4. The van der Waals surface area contributed by atoms with Crippen LogP contribution in [-0.4, -0.2) is 11.6 Å². The predicted octanol–water partition coefficient (Wildman–Crippen LogP) is 4.72. The van der Waals surface area contributed by atoms with Crippen LogP contribution in [0.3, 0.4) is 0 Å². The van der Waals surface area contributed by atoms with Gasteiger partial charge in [0.05, 0.1) is 5.69 Å². The van der Waals surface area contributed by atoms with Gasteiger partial charge in [-0.15, -0.1) is 5.11 Å². The minimum absolute atomic E-state index is 0.486. The zero-order chi connectivity index (χ0) is 18.4. The number of hydrogen-bond acceptors (Lipinski definition) is 4. The molecule has 0 fully saturated rings. The van der Waals surface area contributed by atoms with Crippen molar-refractivity contribution < 1.29 is 9.53 Å². The molecular weight excluding hydrogens is 326 g/mol. The number of nitrogens with two attached hydrogens (primary N) is 1. The number of ether oxygens (including phenoxy) is 1. The highest BCUT2D eigenvalue weighted by Crippen LogP contribution is 2.27. The van der Waals surface area contributed by atoms with Crippen LogP contribution in [0, 0.1) is 0 Å². The van der Waals surface area contributed by atoms with Crippen molar-refractivity contribution in [3.8, 4) is 16.9 Å². The second-order valence-electron chi connectivity index (χ2n) is 5.88. The lowest BCUT2D eigenvalue weighted by Crippen LogP contribution is -2.44. The van der Waals surface area contributed by atoms with Gasteiger partial charge >= 0.3 is 0 Å². The Bertz CT molecular complexity index is 911. The molecule has 0 saturated heterocycles. The van der Waals surface area contributed by atoms with Gasteiger partial charge in [-0.2, -0.15) is 5.11 Å². The quantitative estimate of drug-likeness (QED) is 0.656. The molecule has 0 radical (unpaired) electrons. The summed E-state index contributed by atoms with van der Waals surface area (Å²) in [5, 5.41) is 8.13. The van der Waals surface area contributed by atoms with Crippen LogP contribution < -0.4 is 10.5 Å². The summed E-state index contributed by atoms with van der Waals surface area (Å²) in [6.07, 6.45) is 0. The fraction of sp³-hybridized carbons (Fsp3) is 0.0952. The van der Waals surface area contributed by atoms with E-state index in [9.17, 15) is 4.79 Å². The lowest BCUT2D eigenvalue weighted by molar-refractivity contribution is -0.131. The summed E-state index contributed by atoms with van der Waals surface area (Å²) >= 11 is 0. The largest absolute Gasteiger partial charge is 0.455 e. The molecule has 0 aliphatic rings. The molecule has 2 N–H and O–H groups in total. The molecule has 1 unspecified atom stereocenters. The van der Waals surface area contributed by atoms with Crippen molar-refractivity contribution in [2.45, 2.75) is 12.6 Å². The Morgan fingerprint density at radius 1 is 0.885 bits per heavy atom. The fourth-order valence-electron chi connectivity index (χ4n) is 2.37. The van der Waals surface area contributed by atoms with E-state index in [0.29, 0.717) is 11.4 Å². The van der Waals surface area contributed by atoms with Crippen molar-refractivity contribution in [1.29, 1.82) is 0 Å². The summed E-state index contributed by atoms with van der Waals surface area (Å²) in [5.41, 5.74) is 6.53. The molecule has 0 bridgehead atoms. The Morgan fingerprint density at radius 2 is 1.50 bits per heavy atom. The molecular formula is C21H19N3O2. The number of rotatable bonds is 6. The van der Waals surface area contributed by atoms with Gasteiger partial charge in [-0.05, 0) is 35.4 Å². The molecule has 0 aliphatic heterocycles. The first-order valence-corrected chi connectivity index (χ1v) is 8.19. The van der Waals surface area contributed by atoms with E-state index in [1.54, 1.807) is 18.2 Å². The van der Waals surface area contributed by atoms with E-state index < -0.39 is 11.6 Å². The Kier molecular flexibility index (Phi) is 5.08. The molecule has 5 heteroatoms. The summed E-state index contributed by atoms with van der Waals surface area (Å²) in [6.45, 7) is 1.50. The Hall–Kier alpha value is -3.47. The van der Waals surface area contributed by atoms with Gasteiger partial charge in [0.15, 0.2) is 0 Å². The number of benzene rings is 3. The van der Waals surface area contributed by atoms with E-state index in [1.807, 2.05) is 66.7 Å². The minimum atomic E-state index is -1.61. The van der Waals surface area contributed by atoms with Crippen LogP contribution in [-0.2, 0) is 4.79 Å². The molecule has 3 aromatic rings. The average molecular weight is 345 g/mol. The first-order chi connectivity index (χ1) is 12.6. The van der Waals surface area contributed by atoms with Crippen molar-refractivity contribution in [3.05, 3.63) is 84.9 Å². The molecule has 0 spiro atoms. The summed E-state index contributed by atoms with van der Waals surface area (Å²) < 4.78 is 5.81. The normalized spacial score (nSPS) is 13.3. The maximum Gasteiger partial charge on any atom is 0.293 e. The van der Waals surface area contributed by atoms with E-state index in [-0.39, 0.29) is 0 Å². The molecule has 26 heavy (non-hydrogen) atoms. The van der Waals surface area contributed by atoms with Gasteiger partial charge in [0, 0.05) is 6.92 Å². The van der Waals surface area contributed by atoms with Crippen molar-refractivity contribution >= 4 is 11.6 Å². The third-order valence-electron chi connectivity index (χ3n) is 3.83. The maximum absolute atomic E-state index is 11.9. The van der Waals surface area contributed by atoms with E-state index in [4.69, 9.17) is 10.5 Å². The number of nitrogens with zero attached hydrogens (tertiary/aromatic N) is 2. The minimum Gasteiger partial charge on any atom is -0.455 e. The first-order valence-electron chi connectivity index (χ1n) is 8.19. The molecule has 0 aromatic heterocycles. The number of hydrogen-bond donors (Lipinski definition) is 1. The number of amides is 1.